The first-order valence-electron chi connectivity index (χ1n) is 8.29. The molecule has 130 valence electrons. The molecule has 2 heterocycles. The predicted molar refractivity (Wildman–Crippen MR) is 94.2 cm³/mol. The quantitative estimate of drug-likeness (QED) is 0.901. The van der Waals surface area contributed by atoms with Crippen molar-refractivity contribution >= 4 is 11.6 Å². The number of aliphatic hydroxyl groups excluding tert-OH is 1. The van der Waals surface area contributed by atoms with Gasteiger partial charge >= 0.3 is 0 Å². The van der Waals surface area contributed by atoms with Crippen molar-refractivity contribution in [3.63, 3.8) is 0 Å². The number of rotatable bonds is 5. The minimum atomic E-state index is -0.541. The number of aromatic nitrogens is 2. The van der Waals surface area contributed by atoms with Crippen LogP contribution < -0.4 is 4.74 Å². The zero-order valence-electron chi connectivity index (χ0n) is 14.2. The van der Waals surface area contributed by atoms with Crippen LogP contribution in [0.5, 0.6) is 5.75 Å². The van der Waals surface area contributed by atoms with E-state index in [9.17, 15) is 5.11 Å². The average Bonchev–Trinajstić information content (AvgIpc) is 3.02. The Balaban J connectivity index is 1.71. The fraction of sp³-hybridized carbons (Fsp3) is 0.500. The molecule has 1 saturated heterocycles. The summed E-state index contributed by atoms with van der Waals surface area (Å²) in [6, 6.07) is 5.73. The van der Waals surface area contributed by atoms with Crippen molar-refractivity contribution in [1.29, 1.82) is 0 Å². The third-order valence-corrected chi connectivity index (χ3v) is 5.14. The number of hydrogen-bond acceptors (Lipinski definition) is 4. The first kappa shape index (κ1) is 17.3. The molecule has 2 aromatic rings. The second-order valence-corrected chi connectivity index (χ2v) is 6.81. The van der Waals surface area contributed by atoms with Gasteiger partial charge in [-0.25, -0.2) is 4.98 Å². The van der Waals surface area contributed by atoms with Gasteiger partial charge in [0.2, 0.25) is 0 Å². The van der Waals surface area contributed by atoms with Crippen molar-refractivity contribution in [2.45, 2.75) is 25.5 Å². The largest absolute Gasteiger partial charge is 0.496 e. The van der Waals surface area contributed by atoms with Gasteiger partial charge in [0.25, 0.3) is 0 Å². The number of methoxy groups -OCH3 is 1. The maximum atomic E-state index is 10.7. The lowest BCUT2D eigenvalue weighted by Gasteiger charge is -2.35. The topological polar surface area (TPSA) is 50.5 Å². The van der Waals surface area contributed by atoms with Crippen molar-refractivity contribution in [2.24, 2.45) is 13.0 Å². The third-order valence-electron chi connectivity index (χ3n) is 4.79. The van der Waals surface area contributed by atoms with Gasteiger partial charge in [-0.15, -0.1) is 0 Å². The molecule has 0 amide bonds. The van der Waals surface area contributed by atoms with Gasteiger partial charge in [0.1, 0.15) is 17.7 Å². The van der Waals surface area contributed by atoms with E-state index in [2.05, 4.69) is 9.88 Å². The number of aliphatic hydroxyl groups is 1. The highest BCUT2D eigenvalue weighted by atomic mass is 35.5. The Morgan fingerprint density at radius 3 is 3.00 bits per heavy atom. The summed E-state index contributed by atoms with van der Waals surface area (Å²) in [6.45, 7) is 2.55. The molecule has 1 aromatic heterocycles. The van der Waals surface area contributed by atoms with Crippen LogP contribution in [0.1, 0.15) is 30.3 Å². The van der Waals surface area contributed by atoms with E-state index in [1.54, 1.807) is 13.3 Å². The van der Waals surface area contributed by atoms with Crippen molar-refractivity contribution in [2.75, 3.05) is 20.2 Å². The summed E-state index contributed by atoms with van der Waals surface area (Å²) >= 11 is 6.36. The van der Waals surface area contributed by atoms with Crippen molar-refractivity contribution < 1.29 is 9.84 Å². The standard InChI is InChI=1S/C18H24ClN3O2/c1-21-10-8-20-18(21)17(23)13-5-4-9-22(11-13)12-14-15(19)6-3-7-16(14)24-2/h3,6-8,10,13,17,23H,4-5,9,11-12H2,1-2H3. The first-order chi connectivity index (χ1) is 11.6. The molecule has 0 aliphatic carbocycles. The molecule has 0 saturated carbocycles. The Hall–Kier alpha value is -1.56. The molecule has 1 N–H and O–H groups in total. The summed E-state index contributed by atoms with van der Waals surface area (Å²) in [7, 11) is 3.58. The molecule has 6 heteroatoms. The second-order valence-electron chi connectivity index (χ2n) is 6.40. The number of imidazole rings is 1. The van der Waals surface area contributed by atoms with E-state index < -0.39 is 6.10 Å². The fourth-order valence-corrected chi connectivity index (χ4v) is 3.70. The van der Waals surface area contributed by atoms with Gasteiger partial charge < -0.3 is 14.4 Å². The van der Waals surface area contributed by atoms with Crippen LogP contribution in [0.15, 0.2) is 30.6 Å². The summed E-state index contributed by atoms with van der Waals surface area (Å²) < 4.78 is 7.33. The number of likely N-dealkylation sites (tertiary alicyclic amines) is 1. The molecule has 1 fully saturated rings. The number of ether oxygens (including phenoxy) is 1. The highest BCUT2D eigenvalue weighted by molar-refractivity contribution is 6.31. The Bertz CT molecular complexity index is 689. The minimum Gasteiger partial charge on any atom is -0.496 e. The molecule has 2 atom stereocenters. The van der Waals surface area contributed by atoms with Gasteiger partial charge in [0.15, 0.2) is 0 Å². The van der Waals surface area contributed by atoms with Crippen molar-refractivity contribution in [3.8, 4) is 5.75 Å². The zero-order chi connectivity index (χ0) is 17.1. The van der Waals surface area contributed by atoms with Gasteiger partial charge in [-0.2, -0.15) is 0 Å². The average molecular weight is 350 g/mol. The summed E-state index contributed by atoms with van der Waals surface area (Å²) in [5.74, 6) is 1.72. The summed E-state index contributed by atoms with van der Waals surface area (Å²) in [5.41, 5.74) is 1.01. The van der Waals surface area contributed by atoms with E-state index in [1.165, 1.54) is 0 Å². The molecule has 0 bridgehead atoms. The number of halogens is 1. The second kappa shape index (κ2) is 7.55. The van der Waals surface area contributed by atoms with E-state index in [0.29, 0.717) is 0 Å². The van der Waals surface area contributed by atoms with Crippen LogP contribution >= 0.6 is 11.6 Å². The van der Waals surface area contributed by atoms with Crippen LogP contribution in [0.3, 0.4) is 0 Å². The van der Waals surface area contributed by atoms with Crippen molar-refractivity contribution in [1.82, 2.24) is 14.5 Å². The summed E-state index contributed by atoms with van der Waals surface area (Å²) in [6.07, 6.45) is 5.12. The number of hydrogen-bond donors (Lipinski definition) is 1. The van der Waals surface area contributed by atoms with Gasteiger partial charge in [-0.05, 0) is 31.5 Å². The van der Waals surface area contributed by atoms with Gasteiger partial charge in [0.05, 0.1) is 7.11 Å². The van der Waals surface area contributed by atoms with Gasteiger partial charge in [-0.1, -0.05) is 17.7 Å². The summed E-state index contributed by atoms with van der Waals surface area (Å²) in [4.78, 5) is 6.63. The molecule has 1 aliphatic rings. The van der Waals surface area contributed by atoms with Crippen LogP contribution in [0.4, 0.5) is 0 Å². The van der Waals surface area contributed by atoms with Crippen LogP contribution in [0.25, 0.3) is 0 Å². The van der Waals surface area contributed by atoms with E-state index in [-0.39, 0.29) is 5.92 Å². The normalized spacial score (nSPS) is 20.1. The molecule has 1 aromatic carbocycles. The molecule has 2 unspecified atom stereocenters. The lowest BCUT2D eigenvalue weighted by Crippen LogP contribution is -2.38. The molecular weight excluding hydrogens is 326 g/mol. The molecular formula is C18H24ClN3O2. The van der Waals surface area contributed by atoms with E-state index >= 15 is 0 Å². The Morgan fingerprint density at radius 1 is 1.46 bits per heavy atom. The highest BCUT2D eigenvalue weighted by Gasteiger charge is 2.29. The SMILES string of the molecule is COc1cccc(Cl)c1CN1CCCC(C(O)c2nccn2C)C1. The maximum absolute atomic E-state index is 10.7. The lowest BCUT2D eigenvalue weighted by atomic mass is 9.91. The highest BCUT2D eigenvalue weighted by Crippen LogP contribution is 2.32. The first-order valence-corrected chi connectivity index (χ1v) is 8.67. The Labute approximate surface area is 147 Å². The monoisotopic (exact) mass is 349 g/mol. The molecule has 0 radical (unpaired) electrons. The Kier molecular flexibility index (Phi) is 5.43. The fourth-order valence-electron chi connectivity index (χ4n) is 3.47. The smallest absolute Gasteiger partial charge is 0.137 e. The van der Waals surface area contributed by atoms with Crippen LogP contribution in [0, 0.1) is 5.92 Å². The Morgan fingerprint density at radius 2 is 2.29 bits per heavy atom. The maximum Gasteiger partial charge on any atom is 0.137 e. The third kappa shape index (κ3) is 3.58. The predicted octanol–water partition coefficient (Wildman–Crippen LogP) is 3.03. The van der Waals surface area contributed by atoms with Crippen LogP contribution in [-0.2, 0) is 13.6 Å². The van der Waals surface area contributed by atoms with E-state index in [1.807, 2.05) is 36.0 Å². The van der Waals surface area contributed by atoms with Crippen LogP contribution in [0.2, 0.25) is 5.02 Å². The van der Waals surface area contributed by atoms with Crippen LogP contribution in [-0.4, -0.2) is 39.8 Å². The molecule has 3 rings (SSSR count). The molecule has 5 nitrogen and oxygen atoms in total. The lowest BCUT2D eigenvalue weighted by molar-refractivity contribution is 0.0403. The molecule has 1 aliphatic heterocycles. The van der Waals surface area contributed by atoms with Gasteiger partial charge in [-0.3, -0.25) is 4.90 Å². The molecule has 0 spiro atoms. The molecule has 24 heavy (non-hydrogen) atoms. The van der Waals surface area contributed by atoms with Crippen molar-refractivity contribution in [3.05, 3.63) is 47.0 Å². The van der Waals surface area contributed by atoms with Gasteiger partial charge in [0, 0.05) is 49.0 Å². The van der Waals surface area contributed by atoms with E-state index in [4.69, 9.17) is 16.3 Å². The number of nitrogens with zero attached hydrogens (tertiary/aromatic N) is 3. The zero-order valence-corrected chi connectivity index (χ0v) is 14.9. The number of benzene rings is 1. The number of aryl methyl sites for hydroxylation is 1. The summed E-state index contributed by atoms with van der Waals surface area (Å²) in [5, 5.41) is 11.4. The minimum absolute atomic E-state index is 0.174. The number of piperidine rings is 1. The van der Waals surface area contributed by atoms with E-state index in [0.717, 1.165) is 54.6 Å².